The van der Waals surface area contributed by atoms with E-state index in [9.17, 15) is 13.6 Å². The summed E-state index contributed by atoms with van der Waals surface area (Å²) in [6.07, 6.45) is 2.64. The molecule has 0 saturated heterocycles. The van der Waals surface area contributed by atoms with Gasteiger partial charge in [-0.3, -0.25) is 4.79 Å². The molecule has 2 aromatic carbocycles. The number of aryl methyl sites for hydroxylation is 3. The van der Waals surface area contributed by atoms with E-state index >= 15 is 0 Å². The number of benzene rings is 2. The Balaban J connectivity index is 1.97. The molecule has 1 N–H and O–H groups in total. The van der Waals surface area contributed by atoms with Gasteiger partial charge in [-0.25, -0.2) is 8.78 Å². The van der Waals surface area contributed by atoms with Crippen molar-refractivity contribution in [2.75, 3.05) is 0 Å². The van der Waals surface area contributed by atoms with Crippen molar-refractivity contribution < 1.29 is 13.6 Å². The van der Waals surface area contributed by atoms with Gasteiger partial charge in [0, 0.05) is 23.8 Å². The van der Waals surface area contributed by atoms with Crippen molar-refractivity contribution >= 4 is 11.5 Å². The van der Waals surface area contributed by atoms with E-state index in [1.54, 1.807) is 6.07 Å². The van der Waals surface area contributed by atoms with Gasteiger partial charge in [-0.2, -0.15) is 0 Å². The van der Waals surface area contributed by atoms with Crippen LogP contribution < -0.4 is 0 Å². The van der Waals surface area contributed by atoms with Gasteiger partial charge in [0.1, 0.15) is 0 Å². The Morgan fingerprint density at radius 2 is 1.70 bits per heavy atom. The second-order valence-electron chi connectivity index (χ2n) is 9.56. The first-order chi connectivity index (χ1) is 15.3. The summed E-state index contributed by atoms with van der Waals surface area (Å²) in [6.45, 7) is 14.9. The molecular formula is C29H37F2NO. The number of halogens is 2. The fourth-order valence-electron chi connectivity index (χ4n) is 4.27. The van der Waals surface area contributed by atoms with Gasteiger partial charge < -0.3 is 5.41 Å². The van der Waals surface area contributed by atoms with Crippen molar-refractivity contribution in [3.05, 3.63) is 81.4 Å². The predicted octanol–water partition coefficient (Wildman–Crippen LogP) is 8.41. The molecule has 4 heteroatoms. The zero-order valence-electron chi connectivity index (χ0n) is 20.9. The topological polar surface area (TPSA) is 40.9 Å². The molecule has 0 saturated carbocycles. The molecule has 0 amide bonds. The van der Waals surface area contributed by atoms with E-state index in [2.05, 4.69) is 6.58 Å². The highest BCUT2D eigenvalue weighted by Gasteiger charge is 2.28. The third-order valence-corrected chi connectivity index (χ3v) is 6.37. The maximum atomic E-state index is 14.2. The fourth-order valence-corrected chi connectivity index (χ4v) is 4.27. The normalized spacial score (nSPS) is 11.7. The standard InChI is InChI=1S/C29H37F2NO/c1-18(2)23-13-10-14-26(29(7,30)31)24(23)12-9-8-11-19(3)27(32)17-28(33)25-16-21(5)20(4)15-22(25)6/h10,13-16,18,32H,3,8-9,11-12,17H2,1-2,4-7H3. The van der Waals surface area contributed by atoms with E-state index in [4.69, 9.17) is 5.41 Å². The zero-order chi connectivity index (χ0) is 24.9. The molecule has 0 heterocycles. The number of hydrogen-bond acceptors (Lipinski definition) is 2. The fraction of sp³-hybridized carbons (Fsp3) is 0.448. The molecule has 0 fully saturated rings. The highest BCUT2D eigenvalue weighted by atomic mass is 19.3. The van der Waals surface area contributed by atoms with E-state index in [1.807, 2.05) is 52.8 Å². The summed E-state index contributed by atoms with van der Waals surface area (Å²) in [7, 11) is 0. The Hall–Kier alpha value is -2.62. The summed E-state index contributed by atoms with van der Waals surface area (Å²) < 4.78 is 28.3. The van der Waals surface area contributed by atoms with Crippen LogP contribution in [0.25, 0.3) is 0 Å². The number of Topliss-reactive ketones (excluding diaryl/α,β-unsaturated/α-hetero) is 1. The molecule has 0 bridgehead atoms. The SMILES string of the molecule is C=C(CCCCc1c(C(C)C)cccc1C(C)(F)F)C(=N)CC(=O)c1cc(C)c(C)cc1C. The largest absolute Gasteiger partial charge is 0.305 e. The van der Waals surface area contributed by atoms with E-state index in [0.29, 0.717) is 24.0 Å². The third kappa shape index (κ3) is 6.93. The van der Waals surface area contributed by atoms with Gasteiger partial charge in [-0.15, -0.1) is 0 Å². The van der Waals surface area contributed by atoms with Crippen LogP contribution in [0.4, 0.5) is 8.78 Å². The highest BCUT2D eigenvalue weighted by molar-refractivity contribution is 6.14. The minimum absolute atomic E-state index is 0.0323. The summed E-state index contributed by atoms with van der Waals surface area (Å²) in [5.74, 6) is -2.77. The second kappa shape index (κ2) is 11.0. The number of allylic oxidation sites excluding steroid dienone is 1. The lowest BCUT2D eigenvalue weighted by molar-refractivity contribution is 0.0164. The molecule has 0 aliphatic rings. The van der Waals surface area contributed by atoms with Crippen molar-refractivity contribution in [2.24, 2.45) is 0 Å². The predicted molar refractivity (Wildman–Crippen MR) is 134 cm³/mol. The van der Waals surface area contributed by atoms with Crippen LogP contribution in [0.2, 0.25) is 0 Å². The van der Waals surface area contributed by atoms with Crippen LogP contribution in [0, 0.1) is 26.2 Å². The Bertz CT molecular complexity index is 1040. The van der Waals surface area contributed by atoms with Crippen LogP contribution in [0.1, 0.15) is 96.1 Å². The van der Waals surface area contributed by atoms with Crippen molar-refractivity contribution in [3.63, 3.8) is 0 Å². The second-order valence-corrected chi connectivity index (χ2v) is 9.56. The molecule has 0 aromatic heterocycles. The summed E-state index contributed by atoms with van der Waals surface area (Å²) in [5, 5.41) is 8.33. The first kappa shape index (κ1) is 26.6. The van der Waals surface area contributed by atoms with Gasteiger partial charge in [-0.1, -0.05) is 44.7 Å². The first-order valence-electron chi connectivity index (χ1n) is 11.7. The van der Waals surface area contributed by atoms with Gasteiger partial charge in [0.2, 0.25) is 0 Å². The summed E-state index contributed by atoms with van der Waals surface area (Å²) in [5.41, 5.74) is 6.50. The molecule has 0 spiro atoms. The van der Waals surface area contributed by atoms with Crippen LogP contribution >= 0.6 is 0 Å². The Labute approximate surface area is 197 Å². The average molecular weight is 454 g/mol. The van der Waals surface area contributed by atoms with Crippen molar-refractivity contribution in [3.8, 4) is 0 Å². The number of nitrogens with one attached hydrogen (secondary N) is 1. The number of unbranched alkanes of at least 4 members (excludes halogenated alkanes) is 1. The monoisotopic (exact) mass is 453 g/mol. The van der Waals surface area contributed by atoms with Gasteiger partial charge in [0.25, 0.3) is 5.92 Å². The minimum Gasteiger partial charge on any atom is -0.305 e. The van der Waals surface area contributed by atoms with Gasteiger partial charge in [0.15, 0.2) is 5.78 Å². The van der Waals surface area contributed by atoms with Crippen molar-refractivity contribution in [2.45, 2.75) is 85.5 Å². The van der Waals surface area contributed by atoms with Crippen molar-refractivity contribution in [1.82, 2.24) is 0 Å². The lowest BCUT2D eigenvalue weighted by Gasteiger charge is -2.21. The van der Waals surface area contributed by atoms with E-state index in [0.717, 1.165) is 47.6 Å². The van der Waals surface area contributed by atoms with Crippen LogP contribution in [0.5, 0.6) is 0 Å². The summed E-state index contributed by atoms with van der Waals surface area (Å²) in [6, 6.07) is 9.07. The van der Waals surface area contributed by atoms with Gasteiger partial charge >= 0.3 is 0 Å². The van der Waals surface area contributed by atoms with Crippen LogP contribution in [-0.2, 0) is 12.3 Å². The van der Waals surface area contributed by atoms with Gasteiger partial charge in [-0.05, 0) is 91.8 Å². The Morgan fingerprint density at radius 3 is 2.30 bits per heavy atom. The molecular weight excluding hydrogens is 416 g/mol. The lowest BCUT2D eigenvalue weighted by Crippen LogP contribution is -2.13. The molecule has 178 valence electrons. The molecule has 33 heavy (non-hydrogen) atoms. The maximum Gasteiger partial charge on any atom is 0.270 e. The van der Waals surface area contributed by atoms with E-state index in [1.165, 1.54) is 6.07 Å². The molecule has 0 aliphatic carbocycles. The number of alkyl halides is 2. The smallest absolute Gasteiger partial charge is 0.270 e. The quantitative estimate of drug-likeness (QED) is 0.207. The van der Waals surface area contributed by atoms with Crippen LogP contribution in [0.15, 0.2) is 42.5 Å². The molecule has 0 atom stereocenters. The molecule has 0 aliphatic heterocycles. The molecule has 2 nitrogen and oxygen atoms in total. The molecule has 2 aromatic rings. The minimum atomic E-state index is -2.88. The van der Waals surface area contributed by atoms with Crippen molar-refractivity contribution in [1.29, 1.82) is 5.41 Å². The van der Waals surface area contributed by atoms with Gasteiger partial charge in [0.05, 0.1) is 6.42 Å². The Morgan fingerprint density at radius 1 is 1.06 bits per heavy atom. The lowest BCUT2D eigenvalue weighted by atomic mass is 9.87. The molecule has 2 rings (SSSR count). The van der Waals surface area contributed by atoms with E-state index in [-0.39, 0.29) is 29.4 Å². The zero-order valence-corrected chi connectivity index (χ0v) is 20.9. The van der Waals surface area contributed by atoms with Crippen LogP contribution in [-0.4, -0.2) is 11.5 Å². The number of carbonyl (C=O) groups excluding carboxylic acids is 1. The first-order valence-corrected chi connectivity index (χ1v) is 11.7. The third-order valence-electron chi connectivity index (χ3n) is 6.37. The highest BCUT2D eigenvalue weighted by Crippen LogP contribution is 2.35. The summed E-state index contributed by atoms with van der Waals surface area (Å²) in [4.78, 5) is 12.7. The molecule has 0 unspecified atom stereocenters. The Kier molecular flexibility index (Phi) is 8.88. The van der Waals surface area contributed by atoms with E-state index < -0.39 is 5.92 Å². The number of ketones is 1. The number of hydrogen-bond donors (Lipinski definition) is 1. The summed E-state index contributed by atoms with van der Waals surface area (Å²) >= 11 is 0. The maximum absolute atomic E-state index is 14.2. The number of carbonyl (C=O) groups is 1. The molecule has 0 radical (unpaired) electrons. The number of rotatable bonds is 11. The van der Waals surface area contributed by atoms with Crippen LogP contribution in [0.3, 0.4) is 0 Å². The average Bonchev–Trinajstić information content (AvgIpc) is 2.72.